The van der Waals surface area contributed by atoms with Crippen LogP contribution in [0.15, 0.2) is 65.8 Å². The van der Waals surface area contributed by atoms with Crippen molar-refractivity contribution in [2.24, 2.45) is 5.10 Å². The monoisotopic (exact) mass is 458 g/mol. The summed E-state index contributed by atoms with van der Waals surface area (Å²) in [5, 5.41) is 19.0. The topological polar surface area (TPSA) is 106 Å². The molecule has 0 atom stereocenters. The van der Waals surface area contributed by atoms with Crippen LogP contribution in [0.1, 0.15) is 15.9 Å². The van der Waals surface area contributed by atoms with Gasteiger partial charge >= 0.3 is 0 Å². The highest BCUT2D eigenvalue weighted by Crippen LogP contribution is 2.27. The largest absolute Gasteiger partial charge is 0.497 e. The molecule has 8 nitrogen and oxygen atoms in total. The van der Waals surface area contributed by atoms with Gasteiger partial charge in [0.25, 0.3) is 11.6 Å². The predicted molar refractivity (Wildman–Crippen MR) is 122 cm³/mol. The molecular weight excluding hydrogens is 443 g/mol. The molecule has 10 heteroatoms. The van der Waals surface area contributed by atoms with E-state index in [1.807, 2.05) is 0 Å². The van der Waals surface area contributed by atoms with Gasteiger partial charge in [0.05, 0.1) is 23.3 Å². The van der Waals surface area contributed by atoms with E-state index in [0.717, 1.165) is 0 Å². The zero-order chi connectivity index (χ0) is 22.4. The minimum Gasteiger partial charge on any atom is -0.497 e. The molecule has 0 heterocycles. The van der Waals surface area contributed by atoms with E-state index in [2.05, 4.69) is 15.8 Å². The third kappa shape index (κ3) is 5.71. The fourth-order valence-electron chi connectivity index (χ4n) is 2.57. The lowest BCUT2D eigenvalue weighted by Crippen LogP contribution is -2.12. The number of nitrogens with one attached hydrogen (secondary N) is 2. The number of ether oxygens (including phenoxy) is 1. The number of rotatable bonds is 7. The minimum atomic E-state index is -0.600. The van der Waals surface area contributed by atoms with Crippen molar-refractivity contribution in [2.75, 3.05) is 17.9 Å². The lowest BCUT2D eigenvalue weighted by atomic mass is 10.1. The maximum absolute atomic E-state index is 12.5. The fourth-order valence-corrected chi connectivity index (χ4v) is 3.03. The normalized spacial score (nSPS) is 10.7. The van der Waals surface area contributed by atoms with Gasteiger partial charge in [-0.15, -0.1) is 0 Å². The van der Waals surface area contributed by atoms with E-state index in [-0.39, 0.29) is 16.9 Å². The standard InChI is InChI=1S/C21H16Cl2N4O4/c1-31-17-7-5-16(6-8-17)25-21(28)13-3-9-19(20(10-13)27(29)30)26-24-12-14-2-4-15(22)11-18(14)23/h2-12,26H,1H3,(H,25,28). The molecule has 3 aromatic rings. The van der Waals surface area contributed by atoms with E-state index in [0.29, 0.717) is 27.0 Å². The van der Waals surface area contributed by atoms with Crippen LogP contribution in [0.4, 0.5) is 17.1 Å². The molecule has 0 aliphatic heterocycles. The van der Waals surface area contributed by atoms with Gasteiger partial charge < -0.3 is 10.1 Å². The first-order chi connectivity index (χ1) is 14.9. The SMILES string of the molecule is COc1ccc(NC(=O)c2ccc(NN=Cc3ccc(Cl)cc3Cl)c([N+](=O)[O-])c2)cc1. The third-order valence-corrected chi connectivity index (χ3v) is 4.72. The molecule has 0 aliphatic rings. The van der Waals surface area contributed by atoms with Gasteiger partial charge in [0.1, 0.15) is 11.4 Å². The van der Waals surface area contributed by atoms with Crippen LogP contribution in [0.5, 0.6) is 5.75 Å². The second-order valence-corrected chi connectivity index (χ2v) is 7.05. The van der Waals surface area contributed by atoms with Crippen molar-refractivity contribution in [2.45, 2.75) is 0 Å². The van der Waals surface area contributed by atoms with E-state index >= 15 is 0 Å². The Morgan fingerprint density at radius 2 is 1.84 bits per heavy atom. The second kappa shape index (κ2) is 9.92. The van der Waals surface area contributed by atoms with Gasteiger partial charge in [-0.2, -0.15) is 5.10 Å². The molecule has 0 aromatic heterocycles. The van der Waals surface area contributed by atoms with E-state index < -0.39 is 10.8 Å². The van der Waals surface area contributed by atoms with Crippen LogP contribution in [-0.2, 0) is 0 Å². The summed E-state index contributed by atoms with van der Waals surface area (Å²) in [6.07, 6.45) is 1.41. The molecule has 1 amide bonds. The quantitative estimate of drug-likeness (QED) is 0.272. The number of anilines is 2. The van der Waals surface area contributed by atoms with Gasteiger partial charge in [-0.3, -0.25) is 20.3 Å². The van der Waals surface area contributed by atoms with Crippen LogP contribution < -0.4 is 15.5 Å². The number of hydrazone groups is 1. The Morgan fingerprint density at radius 3 is 2.48 bits per heavy atom. The summed E-state index contributed by atoms with van der Waals surface area (Å²) >= 11 is 11.9. The molecule has 2 N–H and O–H groups in total. The van der Waals surface area contributed by atoms with E-state index in [9.17, 15) is 14.9 Å². The van der Waals surface area contributed by atoms with Crippen LogP contribution in [0.25, 0.3) is 0 Å². The van der Waals surface area contributed by atoms with Crippen LogP contribution in [-0.4, -0.2) is 24.2 Å². The summed E-state index contributed by atoms with van der Waals surface area (Å²) in [6.45, 7) is 0. The average Bonchev–Trinajstić information content (AvgIpc) is 2.75. The van der Waals surface area contributed by atoms with Crippen LogP contribution in [0, 0.1) is 10.1 Å². The molecule has 0 saturated carbocycles. The van der Waals surface area contributed by atoms with Crippen molar-refractivity contribution in [1.82, 2.24) is 0 Å². The molecule has 158 valence electrons. The molecule has 0 unspecified atom stereocenters. The highest BCUT2D eigenvalue weighted by Gasteiger charge is 2.17. The number of hydrogen-bond acceptors (Lipinski definition) is 6. The first kappa shape index (κ1) is 22.1. The Bertz CT molecular complexity index is 1150. The highest BCUT2D eigenvalue weighted by molar-refractivity contribution is 6.36. The number of nitrogens with zero attached hydrogens (tertiary/aromatic N) is 2. The maximum Gasteiger partial charge on any atom is 0.294 e. The first-order valence-electron chi connectivity index (χ1n) is 8.85. The van der Waals surface area contributed by atoms with E-state index in [4.69, 9.17) is 27.9 Å². The van der Waals surface area contributed by atoms with Gasteiger partial charge in [0.2, 0.25) is 0 Å². The summed E-state index contributed by atoms with van der Waals surface area (Å²) < 4.78 is 5.07. The molecule has 0 spiro atoms. The Morgan fingerprint density at radius 1 is 1.10 bits per heavy atom. The van der Waals surface area contributed by atoms with Crippen molar-refractivity contribution in [3.8, 4) is 5.75 Å². The zero-order valence-electron chi connectivity index (χ0n) is 16.1. The van der Waals surface area contributed by atoms with Gasteiger partial charge in [0, 0.05) is 27.9 Å². The number of halogens is 2. The average molecular weight is 459 g/mol. The van der Waals surface area contributed by atoms with E-state index in [1.54, 1.807) is 42.5 Å². The molecule has 3 aromatic carbocycles. The summed E-state index contributed by atoms with van der Waals surface area (Å²) in [6, 6.07) is 15.6. The molecule has 0 fully saturated rings. The van der Waals surface area contributed by atoms with E-state index in [1.165, 1.54) is 31.5 Å². The van der Waals surface area contributed by atoms with Gasteiger partial charge in [-0.25, -0.2) is 0 Å². The summed E-state index contributed by atoms with van der Waals surface area (Å²) in [7, 11) is 1.54. The first-order valence-corrected chi connectivity index (χ1v) is 9.61. The summed E-state index contributed by atoms with van der Waals surface area (Å²) in [4.78, 5) is 23.4. The number of benzene rings is 3. The van der Waals surface area contributed by atoms with Crippen LogP contribution in [0.3, 0.4) is 0 Å². The number of methoxy groups -OCH3 is 1. The van der Waals surface area contributed by atoms with Gasteiger partial charge in [-0.05, 0) is 48.5 Å². The lowest BCUT2D eigenvalue weighted by molar-refractivity contribution is -0.384. The molecule has 3 rings (SSSR count). The molecule has 0 saturated heterocycles. The lowest BCUT2D eigenvalue weighted by Gasteiger charge is -2.08. The number of hydrogen-bond donors (Lipinski definition) is 2. The second-order valence-electron chi connectivity index (χ2n) is 6.21. The van der Waals surface area contributed by atoms with Crippen LogP contribution in [0.2, 0.25) is 10.0 Å². The molecular formula is C21H16Cl2N4O4. The van der Waals surface area contributed by atoms with Crippen molar-refractivity contribution in [3.05, 3.63) is 92.0 Å². The Hall–Kier alpha value is -3.62. The van der Waals surface area contributed by atoms with Crippen LogP contribution >= 0.6 is 23.2 Å². The number of nitro groups is 1. The van der Waals surface area contributed by atoms with Gasteiger partial charge in [0.15, 0.2) is 0 Å². The predicted octanol–water partition coefficient (Wildman–Crippen LogP) is 5.61. The summed E-state index contributed by atoms with van der Waals surface area (Å²) in [5.41, 5.74) is 3.65. The third-order valence-electron chi connectivity index (χ3n) is 4.16. The Kier molecular flexibility index (Phi) is 7.07. The zero-order valence-corrected chi connectivity index (χ0v) is 17.6. The van der Waals surface area contributed by atoms with Crippen molar-refractivity contribution in [3.63, 3.8) is 0 Å². The van der Waals surface area contributed by atoms with Crippen molar-refractivity contribution < 1.29 is 14.5 Å². The molecule has 0 aliphatic carbocycles. The smallest absolute Gasteiger partial charge is 0.294 e. The molecule has 0 bridgehead atoms. The Labute approximate surface area is 187 Å². The summed E-state index contributed by atoms with van der Waals surface area (Å²) in [5.74, 6) is 0.153. The molecule has 31 heavy (non-hydrogen) atoms. The Balaban J connectivity index is 1.76. The highest BCUT2D eigenvalue weighted by atomic mass is 35.5. The number of carbonyl (C=O) groups excluding carboxylic acids is 1. The minimum absolute atomic E-state index is 0.118. The van der Waals surface area contributed by atoms with Crippen molar-refractivity contribution >= 4 is 52.4 Å². The fraction of sp³-hybridized carbons (Fsp3) is 0.0476. The number of carbonyl (C=O) groups is 1. The number of nitro benzene ring substituents is 1. The molecule has 0 radical (unpaired) electrons. The van der Waals surface area contributed by atoms with Gasteiger partial charge in [-0.1, -0.05) is 29.3 Å². The number of amides is 1. The van der Waals surface area contributed by atoms with Crippen molar-refractivity contribution in [1.29, 1.82) is 0 Å². The maximum atomic E-state index is 12.5.